The third-order valence-corrected chi connectivity index (χ3v) is 4.12. The molecule has 2 heterocycles. The lowest BCUT2D eigenvalue weighted by Crippen LogP contribution is -2.04. The third-order valence-electron chi connectivity index (χ3n) is 2.41. The predicted molar refractivity (Wildman–Crippen MR) is 67.9 cm³/mol. The van der Waals surface area contributed by atoms with Gasteiger partial charge < -0.3 is 5.32 Å². The van der Waals surface area contributed by atoms with Gasteiger partial charge in [0.15, 0.2) is 5.13 Å². The van der Waals surface area contributed by atoms with Crippen molar-refractivity contribution in [1.82, 2.24) is 4.98 Å². The highest BCUT2D eigenvalue weighted by molar-refractivity contribution is 7.15. The minimum atomic E-state index is 0.334. The van der Waals surface area contributed by atoms with E-state index >= 15 is 0 Å². The zero-order chi connectivity index (χ0) is 10.8. The third kappa shape index (κ3) is 2.38. The highest BCUT2D eigenvalue weighted by Crippen LogP contribution is 2.26. The summed E-state index contributed by atoms with van der Waals surface area (Å²) in [7, 11) is 0. The van der Waals surface area contributed by atoms with E-state index < -0.39 is 0 Å². The number of hydrogen-bond acceptors (Lipinski definition) is 4. The number of anilines is 1. The van der Waals surface area contributed by atoms with E-state index in [1.807, 2.05) is 6.92 Å². The summed E-state index contributed by atoms with van der Waals surface area (Å²) in [5.74, 6) is 0. The van der Waals surface area contributed by atoms with Crippen LogP contribution in [0.3, 0.4) is 0 Å². The molecule has 0 fully saturated rings. The first kappa shape index (κ1) is 10.6. The van der Waals surface area contributed by atoms with Crippen molar-refractivity contribution in [3.63, 3.8) is 0 Å². The van der Waals surface area contributed by atoms with Gasteiger partial charge in [-0.3, -0.25) is 0 Å². The summed E-state index contributed by atoms with van der Waals surface area (Å²) in [5, 5.41) is 8.71. The summed E-state index contributed by atoms with van der Waals surface area (Å²) >= 11 is 3.45. The molecule has 1 atom stereocenters. The van der Waals surface area contributed by atoms with E-state index in [9.17, 15) is 0 Å². The topological polar surface area (TPSA) is 24.9 Å². The summed E-state index contributed by atoms with van der Waals surface area (Å²) in [5.41, 5.74) is 2.45. The Hall–Kier alpha value is -0.870. The normalized spacial score (nSPS) is 12.7. The monoisotopic (exact) mass is 238 g/mol. The van der Waals surface area contributed by atoms with E-state index in [1.54, 1.807) is 22.7 Å². The summed E-state index contributed by atoms with van der Waals surface area (Å²) in [6.45, 7) is 6.31. The lowest BCUT2D eigenvalue weighted by molar-refractivity contribution is 0.886. The Morgan fingerprint density at radius 1 is 1.40 bits per heavy atom. The molecule has 0 aliphatic rings. The van der Waals surface area contributed by atoms with Gasteiger partial charge in [0.1, 0.15) is 0 Å². The molecule has 1 N–H and O–H groups in total. The Labute approximate surface area is 98.0 Å². The number of nitrogens with one attached hydrogen (secondary N) is 1. The fourth-order valence-electron chi connectivity index (χ4n) is 1.32. The first-order chi connectivity index (χ1) is 7.16. The SMILES string of the molecule is Cc1nc(NC(C)c2ccsc2)sc1C. The molecule has 0 aliphatic heterocycles. The van der Waals surface area contributed by atoms with Crippen LogP contribution in [0.4, 0.5) is 5.13 Å². The molecule has 2 nitrogen and oxygen atoms in total. The van der Waals surface area contributed by atoms with Crippen LogP contribution >= 0.6 is 22.7 Å². The van der Waals surface area contributed by atoms with Gasteiger partial charge in [-0.05, 0) is 43.2 Å². The highest BCUT2D eigenvalue weighted by atomic mass is 32.1. The number of rotatable bonds is 3. The van der Waals surface area contributed by atoms with Crippen molar-refractivity contribution in [2.45, 2.75) is 26.8 Å². The van der Waals surface area contributed by atoms with E-state index in [2.05, 4.69) is 41.0 Å². The van der Waals surface area contributed by atoms with Crippen molar-refractivity contribution in [1.29, 1.82) is 0 Å². The van der Waals surface area contributed by atoms with E-state index in [0.29, 0.717) is 6.04 Å². The van der Waals surface area contributed by atoms with Crippen molar-refractivity contribution in [2.24, 2.45) is 0 Å². The maximum Gasteiger partial charge on any atom is 0.183 e. The van der Waals surface area contributed by atoms with E-state index in [4.69, 9.17) is 0 Å². The van der Waals surface area contributed by atoms with E-state index in [1.165, 1.54) is 10.4 Å². The molecule has 0 spiro atoms. The number of aromatic nitrogens is 1. The number of nitrogens with zero attached hydrogens (tertiary/aromatic N) is 1. The molecular formula is C11H14N2S2. The molecule has 0 aliphatic carbocycles. The number of thiophene rings is 1. The molecule has 0 amide bonds. The molecule has 4 heteroatoms. The second kappa shape index (κ2) is 4.33. The predicted octanol–water partition coefficient (Wildman–Crippen LogP) is 3.99. The average molecular weight is 238 g/mol. The quantitative estimate of drug-likeness (QED) is 0.874. The van der Waals surface area contributed by atoms with Crippen LogP contribution in [0, 0.1) is 13.8 Å². The van der Waals surface area contributed by atoms with Crippen LogP contribution in [-0.4, -0.2) is 4.98 Å². The van der Waals surface area contributed by atoms with Gasteiger partial charge in [0.2, 0.25) is 0 Å². The van der Waals surface area contributed by atoms with Gasteiger partial charge >= 0.3 is 0 Å². The average Bonchev–Trinajstić information content (AvgIpc) is 2.77. The smallest absolute Gasteiger partial charge is 0.183 e. The summed E-state index contributed by atoms with van der Waals surface area (Å²) in [4.78, 5) is 5.76. The summed E-state index contributed by atoms with van der Waals surface area (Å²) in [6, 6.07) is 2.48. The number of hydrogen-bond donors (Lipinski definition) is 1. The van der Waals surface area contributed by atoms with Crippen LogP contribution in [0.2, 0.25) is 0 Å². The number of thiazole rings is 1. The minimum Gasteiger partial charge on any atom is -0.355 e. The second-order valence-corrected chi connectivity index (χ2v) is 5.57. The molecular weight excluding hydrogens is 224 g/mol. The zero-order valence-corrected chi connectivity index (χ0v) is 10.7. The lowest BCUT2D eigenvalue weighted by atomic mass is 10.2. The Balaban J connectivity index is 2.09. The van der Waals surface area contributed by atoms with Gasteiger partial charge in [0, 0.05) is 4.88 Å². The van der Waals surface area contributed by atoms with Crippen molar-refractivity contribution in [3.8, 4) is 0 Å². The van der Waals surface area contributed by atoms with Crippen molar-refractivity contribution in [2.75, 3.05) is 5.32 Å². The fraction of sp³-hybridized carbons (Fsp3) is 0.364. The molecule has 0 saturated carbocycles. The lowest BCUT2D eigenvalue weighted by Gasteiger charge is -2.10. The molecule has 2 aromatic heterocycles. The van der Waals surface area contributed by atoms with Crippen molar-refractivity contribution >= 4 is 27.8 Å². The molecule has 2 rings (SSSR count). The first-order valence-corrected chi connectivity index (χ1v) is 6.65. The number of aryl methyl sites for hydroxylation is 2. The maximum atomic E-state index is 4.47. The standard InChI is InChI=1S/C11H14N2S2/c1-7-9(3)15-11(12-7)13-8(2)10-4-5-14-6-10/h4-6,8H,1-3H3,(H,12,13). The Bertz CT molecular complexity index is 412. The second-order valence-electron chi connectivity index (χ2n) is 3.58. The van der Waals surface area contributed by atoms with Crippen LogP contribution in [0.1, 0.15) is 29.1 Å². The van der Waals surface area contributed by atoms with Crippen LogP contribution in [0.15, 0.2) is 16.8 Å². The van der Waals surface area contributed by atoms with Crippen molar-refractivity contribution < 1.29 is 0 Å². The molecule has 0 bridgehead atoms. The minimum absolute atomic E-state index is 0.334. The summed E-state index contributed by atoms with van der Waals surface area (Å²) < 4.78 is 0. The van der Waals surface area contributed by atoms with Crippen molar-refractivity contribution in [3.05, 3.63) is 33.0 Å². The molecule has 0 aromatic carbocycles. The first-order valence-electron chi connectivity index (χ1n) is 4.89. The highest BCUT2D eigenvalue weighted by Gasteiger charge is 2.09. The van der Waals surface area contributed by atoms with Gasteiger partial charge in [-0.1, -0.05) is 0 Å². The van der Waals surface area contributed by atoms with Gasteiger partial charge in [-0.25, -0.2) is 4.98 Å². The Morgan fingerprint density at radius 2 is 2.20 bits per heavy atom. The fourth-order valence-corrected chi connectivity index (χ4v) is 2.98. The Kier molecular flexibility index (Phi) is 3.07. The van der Waals surface area contributed by atoms with Gasteiger partial charge in [0.05, 0.1) is 11.7 Å². The maximum absolute atomic E-state index is 4.47. The van der Waals surface area contributed by atoms with Gasteiger partial charge in [-0.2, -0.15) is 11.3 Å². The molecule has 80 valence electrons. The molecule has 1 unspecified atom stereocenters. The van der Waals surface area contributed by atoms with Crippen LogP contribution < -0.4 is 5.32 Å². The van der Waals surface area contributed by atoms with E-state index in [-0.39, 0.29) is 0 Å². The zero-order valence-electron chi connectivity index (χ0n) is 9.07. The Morgan fingerprint density at radius 3 is 2.73 bits per heavy atom. The van der Waals surface area contributed by atoms with Gasteiger partial charge in [-0.15, -0.1) is 11.3 Å². The molecule has 15 heavy (non-hydrogen) atoms. The van der Waals surface area contributed by atoms with Crippen LogP contribution in [0.5, 0.6) is 0 Å². The molecule has 0 radical (unpaired) electrons. The molecule has 0 saturated heterocycles. The van der Waals surface area contributed by atoms with Gasteiger partial charge in [0.25, 0.3) is 0 Å². The summed E-state index contributed by atoms with van der Waals surface area (Å²) in [6.07, 6.45) is 0. The van der Waals surface area contributed by atoms with Crippen LogP contribution in [0.25, 0.3) is 0 Å². The van der Waals surface area contributed by atoms with Crippen LogP contribution in [-0.2, 0) is 0 Å². The van der Waals surface area contributed by atoms with E-state index in [0.717, 1.165) is 10.8 Å². The largest absolute Gasteiger partial charge is 0.355 e. The molecule has 2 aromatic rings.